The van der Waals surface area contributed by atoms with Crippen LogP contribution in [0.15, 0.2) is 18.3 Å². The molecule has 0 aliphatic carbocycles. The van der Waals surface area contributed by atoms with Gasteiger partial charge in [-0.25, -0.2) is 9.78 Å². The van der Waals surface area contributed by atoms with E-state index in [4.69, 9.17) is 15.9 Å². The molecule has 0 aromatic carbocycles. The summed E-state index contributed by atoms with van der Waals surface area (Å²) in [6.07, 6.45) is 0.708. The van der Waals surface area contributed by atoms with Gasteiger partial charge in [0.1, 0.15) is 11.7 Å². The first-order chi connectivity index (χ1) is 8.90. The Hall–Kier alpha value is -2.64. The Kier molecular flexibility index (Phi) is 4.81. The summed E-state index contributed by atoms with van der Waals surface area (Å²) in [7, 11) is 0. The number of carbonyl (C=O) groups is 3. The Morgan fingerprint density at radius 1 is 1.32 bits per heavy atom. The first-order valence-electron chi connectivity index (χ1n) is 5.37. The molecule has 1 amide bonds. The number of nitrogens with one attached hydrogen (secondary N) is 1. The number of hydrogen-bond acceptors (Lipinski definition) is 5. The lowest BCUT2D eigenvalue weighted by Crippen LogP contribution is -2.41. The van der Waals surface area contributed by atoms with Gasteiger partial charge in [-0.3, -0.25) is 9.59 Å². The highest BCUT2D eigenvalue weighted by Crippen LogP contribution is 2.03. The number of pyridine rings is 1. The van der Waals surface area contributed by atoms with Crippen molar-refractivity contribution in [3.63, 3.8) is 0 Å². The third kappa shape index (κ3) is 4.62. The Morgan fingerprint density at radius 3 is 2.47 bits per heavy atom. The van der Waals surface area contributed by atoms with Crippen LogP contribution in [0.4, 0.5) is 5.69 Å². The molecule has 8 heteroatoms. The lowest BCUT2D eigenvalue weighted by atomic mass is 10.1. The van der Waals surface area contributed by atoms with E-state index in [0.717, 1.165) is 0 Å². The van der Waals surface area contributed by atoms with Gasteiger partial charge >= 0.3 is 11.9 Å². The van der Waals surface area contributed by atoms with E-state index < -0.39 is 23.9 Å². The molecule has 19 heavy (non-hydrogen) atoms. The van der Waals surface area contributed by atoms with Crippen LogP contribution in [0, 0.1) is 0 Å². The van der Waals surface area contributed by atoms with Crippen LogP contribution in [-0.4, -0.2) is 39.1 Å². The molecule has 0 aliphatic heterocycles. The number of amides is 1. The van der Waals surface area contributed by atoms with Crippen LogP contribution in [0.3, 0.4) is 0 Å². The number of hydrogen-bond donors (Lipinski definition) is 4. The molecule has 1 rings (SSSR count). The van der Waals surface area contributed by atoms with E-state index in [9.17, 15) is 14.4 Å². The van der Waals surface area contributed by atoms with Crippen molar-refractivity contribution in [2.45, 2.75) is 18.9 Å². The lowest BCUT2D eigenvalue weighted by molar-refractivity contribution is -0.140. The summed E-state index contributed by atoms with van der Waals surface area (Å²) < 4.78 is 0. The zero-order valence-corrected chi connectivity index (χ0v) is 9.87. The van der Waals surface area contributed by atoms with Crippen molar-refractivity contribution < 1.29 is 24.6 Å². The van der Waals surface area contributed by atoms with Gasteiger partial charge in [0, 0.05) is 6.42 Å². The number of carboxylic acids is 2. The molecule has 0 saturated heterocycles. The van der Waals surface area contributed by atoms with Gasteiger partial charge in [-0.2, -0.15) is 0 Å². The summed E-state index contributed by atoms with van der Waals surface area (Å²) in [5.41, 5.74) is 5.79. The molecular weight excluding hydrogens is 254 g/mol. The molecule has 1 aromatic heterocycles. The summed E-state index contributed by atoms with van der Waals surface area (Å²) in [5, 5.41) is 19.6. The maximum Gasteiger partial charge on any atom is 0.326 e. The van der Waals surface area contributed by atoms with Crippen molar-refractivity contribution in [3.05, 3.63) is 24.0 Å². The highest BCUT2D eigenvalue weighted by Gasteiger charge is 2.21. The zero-order valence-electron chi connectivity index (χ0n) is 9.87. The number of aliphatic carboxylic acids is 2. The highest BCUT2D eigenvalue weighted by molar-refractivity contribution is 5.95. The third-order valence-electron chi connectivity index (χ3n) is 2.27. The van der Waals surface area contributed by atoms with Crippen LogP contribution in [0.1, 0.15) is 23.3 Å². The van der Waals surface area contributed by atoms with Gasteiger partial charge in [0.2, 0.25) is 0 Å². The van der Waals surface area contributed by atoms with Gasteiger partial charge in [0.25, 0.3) is 5.91 Å². The van der Waals surface area contributed by atoms with Crippen LogP contribution >= 0.6 is 0 Å². The molecule has 1 unspecified atom stereocenters. The molecule has 0 saturated carbocycles. The van der Waals surface area contributed by atoms with Crippen LogP contribution in [0.25, 0.3) is 0 Å². The second-order valence-electron chi connectivity index (χ2n) is 3.77. The van der Waals surface area contributed by atoms with E-state index in [0.29, 0.717) is 5.69 Å². The SMILES string of the molecule is Nc1ccc(C(=O)NC(CCC(=O)O)C(=O)O)nc1. The molecule has 102 valence electrons. The van der Waals surface area contributed by atoms with E-state index in [1.165, 1.54) is 18.3 Å². The van der Waals surface area contributed by atoms with E-state index in [2.05, 4.69) is 10.3 Å². The predicted octanol–water partition coefficient (Wildman–Crippen LogP) is -0.288. The van der Waals surface area contributed by atoms with Gasteiger partial charge in [0.05, 0.1) is 11.9 Å². The Bertz CT molecular complexity index is 486. The first-order valence-corrected chi connectivity index (χ1v) is 5.37. The molecule has 0 bridgehead atoms. The minimum atomic E-state index is -1.30. The third-order valence-corrected chi connectivity index (χ3v) is 2.27. The molecule has 1 aromatic rings. The predicted molar refractivity (Wildman–Crippen MR) is 64.4 cm³/mol. The molecular formula is C11H13N3O5. The van der Waals surface area contributed by atoms with E-state index in [1.807, 2.05) is 0 Å². The smallest absolute Gasteiger partial charge is 0.326 e. The van der Waals surface area contributed by atoms with E-state index in [-0.39, 0.29) is 18.5 Å². The summed E-state index contributed by atoms with van der Waals surface area (Å²) in [4.78, 5) is 36.7. The number of nitrogens with two attached hydrogens (primary N) is 1. The van der Waals surface area contributed by atoms with Crippen molar-refractivity contribution in [2.24, 2.45) is 0 Å². The molecule has 5 N–H and O–H groups in total. The highest BCUT2D eigenvalue weighted by atomic mass is 16.4. The maximum atomic E-state index is 11.7. The van der Waals surface area contributed by atoms with Gasteiger partial charge in [-0.1, -0.05) is 0 Å². The normalized spacial score (nSPS) is 11.6. The van der Waals surface area contributed by atoms with Crippen LogP contribution < -0.4 is 11.1 Å². The van der Waals surface area contributed by atoms with Crippen molar-refractivity contribution in [3.8, 4) is 0 Å². The fourth-order valence-electron chi connectivity index (χ4n) is 1.30. The summed E-state index contributed by atoms with van der Waals surface area (Å²) in [6.45, 7) is 0. The summed E-state index contributed by atoms with van der Waals surface area (Å²) in [5.74, 6) is -3.13. The molecule has 0 spiro atoms. The van der Waals surface area contributed by atoms with E-state index >= 15 is 0 Å². The average Bonchev–Trinajstić information content (AvgIpc) is 2.34. The van der Waals surface area contributed by atoms with Gasteiger partial charge < -0.3 is 21.3 Å². The first kappa shape index (κ1) is 14.4. The number of anilines is 1. The van der Waals surface area contributed by atoms with Crippen LogP contribution in [-0.2, 0) is 9.59 Å². The van der Waals surface area contributed by atoms with Crippen LogP contribution in [0.5, 0.6) is 0 Å². The maximum absolute atomic E-state index is 11.7. The number of rotatable bonds is 6. The quantitative estimate of drug-likeness (QED) is 0.554. The molecule has 0 aliphatic rings. The molecule has 0 radical (unpaired) electrons. The van der Waals surface area contributed by atoms with Crippen molar-refractivity contribution in [2.75, 3.05) is 5.73 Å². The molecule has 1 heterocycles. The second kappa shape index (κ2) is 6.34. The fraction of sp³-hybridized carbons (Fsp3) is 0.273. The molecule has 8 nitrogen and oxygen atoms in total. The standard InChI is InChI=1S/C11H13N3O5/c12-6-1-2-7(13-5-6)10(17)14-8(11(18)19)3-4-9(15)16/h1-2,5,8H,3-4,12H2,(H,14,17)(H,15,16)(H,18,19). The van der Waals surface area contributed by atoms with Crippen molar-refractivity contribution in [1.29, 1.82) is 0 Å². The van der Waals surface area contributed by atoms with Gasteiger partial charge in [-0.05, 0) is 18.6 Å². The Labute approximate surface area is 108 Å². The minimum absolute atomic E-state index is 0.00998. The average molecular weight is 267 g/mol. The zero-order chi connectivity index (χ0) is 14.4. The van der Waals surface area contributed by atoms with Crippen LogP contribution in [0.2, 0.25) is 0 Å². The number of nitrogen functional groups attached to an aromatic ring is 1. The second-order valence-corrected chi connectivity index (χ2v) is 3.77. The Morgan fingerprint density at radius 2 is 2.00 bits per heavy atom. The van der Waals surface area contributed by atoms with Crippen molar-refractivity contribution >= 4 is 23.5 Å². The largest absolute Gasteiger partial charge is 0.481 e. The van der Waals surface area contributed by atoms with Gasteiger partial charge in [0.15, 0.2) is 0 Å². The fourth-order valence-corrected chi connectivity index (χ4v) is 1.30. The number of carboxylic acid groups (broad SMARTS) is 2. The summed E-state index contributed by atoms with van der Waals surface area (Å²) >= 11 is 0. The van der Waals surface area contributed by atoms with E-state index in [1.54, 1.807) is 0 Å². The van der Waals surface area contributed by atoms with Crippen molar-refractivity contribution in [1.82, 2.24) is 10.3 Å². The minimum Gasteiger partial charge on any atom is -0.481 e. The summed E-state index contributed by atoms with van der Waals surface area (Å²) in [6, 6.07) is 1.53. The molecule has 1 atom stereocenters. The Balaban J connectivity index is 2.68. The number of nitrogens with zero attached hydrogens (tertiary/aromatic N) is 1. The monoisotopic (exact) mass is 267 g/mol. The number of aromatic nitrogens is 1. The molecule has 0 fully saturated rings. The number of carbonyl (C=O) groups excluding carboxylic acids is 1. The topological polar surface area (TPSA) is 143 Å². The lowest BCUT2D eigenvalue weighted by Gasteiger charge is -2.13. The van der Waals surface area contributed by atoms with Gasteiger partial charge in [-0.15, -0.1) is 0 Å².